The van der Waals surface area contributed by atoms with Crippen LogP contribution in [-0.2, 0) is 24.1 Å². The van der Waals surface area contributed by atoms with Crippen molar-refractivity contribution >= 4 is 5.91 Å². The van der Waals surface area contributed by atoms with E-state index in [0.717, 1.165) is 11.6 Å². The first kappa shape index (κ1) is 20.8. The molecule has 0 aliphatic carbocycles. The molecule has 4 nitrogen and oxygen atoms in total. The van der Waals surface area contributed by atoms with Crippen molar-refractivity contribution in [2.45, 2.75) is 32.2 Å². The molecule has 0 aliphatic rings. The molecule has 146 valence electrons. The number of alkyl halides is 3. The lowest BCUT2D eigenvalue weighted by molar-refractivity contribution is -0.138. The molecule has 0 aliphatic heterocycles. The van der Waals surface area contributed by atoms with Gasteiger partial charge in [0.15, 0.2) is 0 Å². The lowest BCUT2D eigenvalue weighted by Crippen LogP contribution is -2.42. The first-order valence-corrected chi connectivity index (χ1v) is 8.48. The molecule has 0 spiro atoms. The van der Waals surface area contributed by atoms with Crippen LogP contribution in [0.15, 0.2) is 48.5 Å². The number of carbonyl (C=O) groups excluding carboxylic acids is 1. The molecule has 0 fully saturated rings. The number of nitrogens with one attached hydrogen (secondary N) is 1. The lowest BCUT2D eigenvalue weighted by Gasteiger charge is -2.25. The molecule has 27 heavy (non-hydrogen) atoms. The second-order valence-electron chi connectivity index (χ2n) is 6.32. The predicted molar refractivity (Wildman–Crippen MR) is 97.2 cm³/mol. The number of halogens is 3. The minimum atomic E-state index is -4.42. The maximum Gasteiger partial charge on any atom is 0.416 e. The Bertz CT molecular complexity index is 778. The van der Waals surface area contributed by atoms with Gasteiger partial charge in [0, 0.05) is 13.1 Å². The molecule has 0 aromatic heterocycles. The molecule has 0 saturated carbocycles. The van der Waals surface area contributed by atoms with Crippen molar-refractivity contribution in [3.8, 4) is 5.75 Å². The zero-order chi connectivity index (χ0) is 20.0. The zero-order valence-electron chi connectivity index (χ0n) is 15.5. The number of ether oxygens (including phenoxy) is 1. The van der Waals surface area contributed by atoms with E-state index in [0.29, 0.717) is 12.3 Å². The van der Waals surface area contributed by atoms with E-state index < -0.39 is 17.8 Å². The number of benzene rings is 2. The summed E-state index contributed by atoms with van der Waals surface area (Å²) in [6, 6.07) is 12.1. The van der Waals surface area contributed by atoms with E-state index in [-0.39, 0.29) is 18.0 Å². The summed E-state index contributed by atoms with van der Waals surface area (Å²) in [6.07, 6.45) is -4.42. The van der Waals surface area contributed by atoms with Crippen LogP contribution in [0.2, 0.25) is 0 Å². The van der Waals surface area contributed by atoms with Gasteiger partial charge in [-0.1, -0.05) is 30.3 Å². The van der Waals surface area contributed by atoms with Gasteiger partial charge in [-0.3, -0.25) is 9.69 Å². The Morgan fingerprint density at radius 3 is 2.56 bits per heavy atom. The summed E-state index contributed by atoms with van der Waals surface area (Å²) in [6.45, 7) is 1.99. The van der Waals surface area contributed by atoms with Crippen molar-refractivity contribution < 1.29 is 22.7 Å². The smallest absolute Gasteiger partial charge is 0.416 e. The van der Waals surface area contributed by atoms with Gasteiger partial charge in [-0.2, -0.15) is 13.2 Å². The van der Waals surface area contributed by atoms with E-state index >= 15 is 0 Å². The SMILES string of the molecule is COc1cccc(CNC(=O)C(C)N(C)Cc2ccccc2C(F)(F)F)c1. The van der Waals surface area contributed by atoms with E-state index in [9.17, 15) is 18.0 Å². The standard InChI is InChI=1S/C20H23F3N2O2/c1-14(19(26)24-12-15-7-6-9-17(11-15)27-3)25(2)13-16-8-4-5-10-18(16)20(21,22)23/h4-11,14H,12-13H2,1-3H3,(H,24,26). The second-order valence-corrected chi connectivity index (χ2v) is 6.32. The number of hydrogen-bond acceptors (Lipinski definition) is 3. The van der Waals surface area contributed by atoms with Gasteiger partial charge >= 0.3 is 6.18 Å². The molecule has 2 rings (SSSR count). The van der Waals surface area contributed by atoms with E-state index in [1.807, 2.05) is 18.2 Å². The Morgan fingerprint density at radius 1 is 1.19 bits per heavy atom. The van der Waals surface area contributed by atoms with Crippen molar-refractivity contribution in [1.82, 2.24) is 10.2 Å². The molecule has 2 aromatic carbocycles. The number of amides is 1. The largest absolute Gasteiger partial charge is 0.497 e. The Morgan fingerprint density at radius 2 is 1.89 bits per heavy atom. The van der Waals surface area contributed by atoms with Gasteiger partial charge in [0.2, 0.25) is 5.91 Å². The van der Waals surface area contributed by atoms with E-state index in [1.165, 1.54) is 12.1 Å². The van der Waals surface area contributed by atoms with Crippen LogP contribution in [-0.4, -0.2) is 31.0 Å². The quantitative estimate of drug-likeness (QED) is 0.793. The number of likely N-dealkylation sites (N-methyl/N-ethyl adjacent to an activating group) is 1. The number of nitrogens with zero attached hydrogens (tertiary/aromatic N) is 1. The van der Waals surface area contributed by atoms with Gasteiger partial charge < -0.3 is 10.1 Å². The van der Waals surface area contributed by atoms with Crippen LogP contribution in [0.5, 0.6) is 5.75 Å². The number of hydrogen-bond donors (Lipinski definition) is 1. The van der Waals surface area contributed by atoms with Gasteiger partial charge in [-0.05, 0) is 43.3 Å². The summed E-state index contributed by atoms with van der Waals surface area (Å²) in [5, 5.41) is 2.80. The maximum atomic E-state index is 13.1. The molecule has 1 amide bonds. The van der Waals surface area contributed by atoms with Gasteiger partial charge in [0.05, 0.1) is 18.7 Å². The molecule has 1 N–H and O–H groups in total. The van der Waals surface area contributed by atoms with E-state index in [1.54, 1.807) is 38.1 Å². The summed E-state index contributed by atoms with van der Waals surface area (Å²) in [4.78, 5) is 14.0. The molecule has 1 atom stereocenters. The van der Waals surface area contributed by atoms with Crippen molar-refractivity contribution in [2.75, 3.05) is 14.2 Å². The molecule has 2 aromatic rings. The van der Waals surface area contributed by atoms with Crippen molar-refractivity contribution in [3.63, 3.8) is 0 Å². The van der Waals surface area contributed by atoms with Gasteiger partial charge in [0.25, 0.3) is 0 Å². The number of carbonyl (C=O) groups is 1. The first-order chi connectivity index (χ1) is 12.7. The Labute approximate surface area is 156 Å². The Hall–Kier alpha value is -2.54. The summed E-state index contributed by atoms with van der Waals surface area (Å²) >= 11 is 0. The lowest BCUT2D eigenvalue weighted by atomic mass is 10.1. The highest BCUT2D eigenvalue weighted by Gasteiger charge is 2.33. The molecule has 1 unspecified atom stereocenters. The van der Waals surface area contributed by atoms with Gasteiger partial charge in [-0.15, -0.1) is 0 Å². The normalized spacial score (nSPS) is 12.7. The molecule has 7 heteroatoms. The minimum Gasteiger partial charge on any atom is -0.497 e. The summed E-state index contributed by atoms with van der Waals surface area (Å²) in [5.41, 5.74) is 0.334. The molecule has 0 saturated heterocycles. The fraction of sp³-hybridized carbons (Fsp3) is 0.350. The molecule has 0 radical (unpaired) electrons. The minimum absolute atomic E-state index is 0.0173. The van der Waals surface area contributed by atoms with Crippen LogP contribution >= 0.6 is 0 Å². The monoisotopic (exact) mass is 380 g/mol. The van der Waals surface area contributed by atoms with Crippen LogP contribution in [0.4, 0.5) is 13.2 Å². The van der Waals surface area contributed by atoms with Crippen LogP contribution in [0.25, 0.3) is 0 Å². The summed E-state index contributed by atoms with van der Waals surface area (Å²) < 4.78 is 44.5. The predicted octanol–water partition coefficient (Wildman–Crippen LogP) is 3.85. The average Bonchev–Trinajstić information content (AvgIpc) is 2.65. The Balaban J connectivity index is 1.98. The van der Waals surface area contributed by atoms with E-state index in [4.69, 9.17) is 4.74 Å². The van der Waals surface area contributed by atoms with Crippen molar-refractivity contribution in [3.05, 3.63) is 65.2 Å². The van der Waals surface area contributed by atoms with Crippen molar-refractivity contribution in [1.29, 1.82) is 0 Å². The topological polar surface area (TPSA) is 41.6 Å². The third kappa shape index (κ3) is 5.72. The third-order valence-electron chi connectivity index (χ3n) is 4.38. The fourth-order valence-electron chi connectivity index (χ4n) is 2.66. The van der Waals surface area contributed by atoms with Crippen LogP contribution < -0.4 is 10.1 Å². The number of rotatable bonds is 7. The fourth-order valence-corrected chi connectivity index (χ4v) is 2.66. The Kier molecular flexibility index (Phi) is 6.85. The summed E-state index contributed by atoms with van der Waals surface area (Å²) in [5.74, 6) is 0.431. The van der Waals surface area contributed by atoms with Crippen LogP contribution in [0.1, 0.15) is 23.6 Å². The highest BCUT2D eigenvalue weighted by molar-refractivity contribution is 5.81. The molecular weight excluding hydrogens is 357 g/mol. The van der Waals surface area contributed by atoms with E-state index in [2.05, 4.69) is 5.32 Å². The number of methoxy groups -OCH3 is 1. The third-order valence-corrected chi connectivity index (χ3v) is 4.38. The van der Waals surface area contributed by atoms with Crippen molar-refractivity contribution in [2.24, 2.45) is 0 Å². The summed E-state index contributed by atoms with van der Waals surface area (Å²) in [7, 11) is 3.19. The molecule has 0 heterocycles. The highest BCUT2D eigenvalue weighted by atomic mass is 19.4. The highest BCUT2D eigenvalue weighted by Crippen LogP contribution is 2.32. The second kappa shape index (κ2) is 8.90. The van der Waals surface area contributed by atoms with Crippen LogP contribution in [0, 0.1) is 0 Å². The first-order valence-electron chi connectivity index (χ1n) is 8.48. The molecular formula is C20H23F3N2O2. The van der Waals surface area contributed by atoms with Crippen LogP contribution in [0.3, 0.4) is 0 Å². The van der Waals surface area contributed by atoms with Gasteiger partial charge in [0.1, 0.15) is 5.75 Å². The maximum absolute atomic E-state index is 13.1. The molecule has 0 bridgehead atoms. The average molecular weight is 380 g/mol. The van der Waals surface area contributed by atoms with Gasteiger partial charge in [-0.25, -0.2) is 0 Å². The zero-order valence-corrected chi connectivity index (χ0v) is 15.5.